The number of hydrogen-bond donors (Lipinski definition) is 1. The number of carbonyl (C=O) groups is 1. The van der Waals surface area contributed by atoms with Crippen LogP contribution in [-0.2, 0) is 14.8 Å². The Labute approximate surface area is 144 Å². The first-order valence-corrected chi connectivity index (χ1v) is 10.0. The van der Waals surface area contributed by atoms with Gasteiger partial charge in [-0.3, -0.25) is 4.79 Å². The maximum Gasteiger partial charge on any atom is 0.243 e. The molecule has 1 aliphatic heterocycles. The molecule has 1 aromatic rings. The zero-order chi connectivity index (χ0) is 17.4. The summed E-state index contributed by atoms with van der Waals surface area (Å²) in [7, 11) is -3.45. The summed E-state index contributed by atoms with van der Waals surface area (Å²) in [5.74, 6) is 0.125. The third-order valence-corrected chi connectivity index (χ3v) is 6.23. The highest BCUT2D eigenvalue weighted by Gasteiger charge is 2.29. The van der Waals surface area contributed by atoms with Crippen molar-refractivity contribution in [2.45, 2.75) is 37.0 Å². The quantitative estimate of drug-likeness (QED) is 0.717. The first kappa shape index (κ1) is 18.9. The summed E-state index contributed by atoms with van der Waals surface area (Å²) in [6.07, 6.45) is 4.50. The van der Waals surface area contributed by atoms with Crippen molar-refractivity contribution in [1.82, 2.24) is 9.21 Å². The number of piperazine rings is 1. The van der Waals surface area contributed by atoms with E-state index in [0.717, 1.165) is 25.7 Å². The van der Waals surface area contributed by atoms with E-state index < -0.39 is 10.0 Å². The van der Waals surface area contributed by atoms with E-state index in [0.29, 0.717) is 44.0 Å². The number of nitrogens with zero attached hydrogens (tertiary/aromatic N) is 2. The molecule has 0 bridgehead atoms. The molecule has 0 aromatic heterocycles. The van der Waals surface area contributed by atoms with Gasteiger partial charge in [-0.2, -0.15) is 4.31 Å². The summed E-state index contributed by atoms with van der Waals surface area (Å²) in [4.78, 5) is 14.3. The molecule has 0 aliphatic carbocycles. The van der Waals surface area contributed by atoms with Crippen LogP contribution in [0.15, 0.2) is 35.2 Å². The van der Waals surface area contributed by atoms with Crippen LogP contribution in [0.5, 0.6) is 0 Å². The largest absolute Gasteiger partial charge is 0.340 e. The maximum absolute atomic E-state index is 12.5. The van der Waals surface area contributed by atoms with E-state index >= 15 is 0 Å². The van der Waals surface area contributed by atoms with Crippen LogP contribution in [0.3, 0.4) is 0 Å². The Kier molecular flexibility index (Phi) is 7.20. The molecular weight excluding hydrogens is 326 g/mol. The number of rotatable bonds is 8. The predicted octanol–water partition coefficient (Wildman–Crippen LogP) is 1.43. The summed E-state index contributed by atoms with van der Waals surface area (Å²) in [5.41, 5.74) is 5.45. The second kappa shape index (κ2) is 9.15. The van der Waals surface area contributed by atoms with Crippen molar-refractivity contribution in [3.05, 3.63) is 30.3 Å². The Morgan fingerprint density at radius 2 is 1.58 bits per heavy atom. The van der Waals surface area contributed by atoms with Gasteiger partial charge in [-0.05, 0) is 31.5 Å². The molecule has 0 unspecified atom stereocenters. The summed E-state index contributed by atoms with van der Waals surface area (Å²) in [6.45, 7) is 2.35. The fourth-order valence-electron chi connectivity index (χ4n) is 2.85. The smallest absolute Gasteiger partial charge is 0.243 e. The zero-order valence-corrected chi connectivity index (χ0v) is 14.9. The van der Waals surface area contributed by atoms with Crippen LogP contribution >= 0.6 is 0 Å². The summed E-state index contributed by atoms with van der Waals surface area (Å²) >= 11 is 0. The van der Waals surface area contributed by atoms with Crippen LogP contribution in [0.25, 0.3) is 0 Å². The molecule has 6 nitrogen and oxygen atoms in total. The molecule has 1 saturated heterocycles. The second-order valence-corrected chi connectivity index (χ2v) is 7.99. The van der Waals surface area contributed by atoms with Gasteiger partial charge in [0.25, 0.3) is 0 Å². The predicted molar refractivity (Wildman–Crippen MR) is 93.9 cm³/mol. The van der Waals surface area contributed by atoms with E-state index in [-0.39, 0.29) is 5.91 Å². The number of amides is 1. The van der Waals surface area contributed by atoms with E-state index in [1.54, 1.807) is 35.2 Å². The minimum absolute atomic E-state index is 0.125. The summed E-state index contributed by atoms with van der Waals surface area (Å²) in [5, 5.41) is 0. The van der Waals surface area contributed by atoms with Gasteiger partial charge in [-0.1, -0.05) is 31.0 Å². The minimum Gasteiger partial charge on any atom is -0.340 e. The molecule has 1 aliphatic rings. The Balaban J connectivity index is 1.80. The Hall–Kier alpha value is -1.44. The van der Waals surface area contributed by atoms with E-state index in [1.807, 2.05) is 0 Å². The first-order valence-electron chi connectivity index (χ1n) is 8.59. The molecule has 2 rings (SSSR count). The average Bonchev–Trinajstić information content (AvgIpc) is 2.62. The van der Waals surface area contributed by atoms with Gasteiger partial charge in [-0.25, -0.2) is 8.42 Å². The van der Waals surface area contributed by atoms with Crippen molar-refractivity contribution in [1.29, 1.82) is 0 Å². The van der Waals surface area contributed by atoms with Crippen LogP contribution in [0.4, 0.5) is 0 Å². The number of carbonyl (C=O) groups excluding carboxylic acids is 1. The highest BCUT2D eigenvalue weighted by Crippen LogP contribution is 2.17. The molecule has 1 aromatic carbocycles. The van der Waals surface area contributed by atoms with Crippen LogP contribution < -0.4 is 5.73 Å². The van der Waals surface area contributed by atoms with Crippen LogP contribution in [-0.4, -0.2) is 56.3 Å². The SMILES string of the molecule is NCCCCCCC(=O)N1CCN(S(=O)(=O)c2ccccc2)CC1. The second-order valence-electron chi connectivity index (χ2n) is 6.05. The fourth-order valence-corrected chi connectivity index (χ4v) is 4.29. The fraction of sp³-hybridized carbons (Fsp3) is 0.588. The van der Waals surface area contributed by atoms with Gasteiger partial charge in [0.15, 0.2) is 0 Å². The lowest BCUT2D eigenvalue weighted by atomic mass is 10.1. The van der Waals surface area contributed by atoms with E-state index in [1.165, 1.54) is 4.31 Å². The molecule has 1 heterocycles. The first-order chi connectivity index (χ1) is 11.6. The molecule has 0 saturated carbocycles. The van der Waals surface area contributed by atoms with Crippen molar-refractivity contribution >= 4 is 15.9 Å². The molecule has 24 heavy (non-hydrogen) atoms. The van der Waals surface area contributed by atoms with Gasteiger partial charge in [0.1, 0.15) is 0 Å². The molecule has 2 N–H and O–H groups in total. The van der Waals surface area contributed by atoms with Gasteiger partial charge in [0, 0.05) is 32.6 Å². The lowest BCUT2D eigenvalue weighted by Gasteiger charge is -2.34. The van der Waals surface area contributed by atoms with Gasteiger partial charge < -0.3 is 10.6 Å². The zero-order valence-electron chi connectivity index (χ0n) is 14.1. The van der Waals surface area contributed by atoms with Gasteiger partial charge in [0.05, 0.1) is 4.90 Å². The van der Waals surface area contributed by atoms with Crippen molar-refractivity contribution in [3.63, 3.8) is 0 Å². The summed E-state index contributed by atoms with van der Waals surface area (Å²) in [6, 6.07) is 8.44. The molecule has 1 fully saturated rings. The Morgan fingerprint density at radius 3 is 2.21 bits per heavy atom. The van der Waals surface area contributed by atoms with Gasteiger partial charge in [0.2, 0.25) is 15.9 Å². The Morgan fingerprint density at radius 1 is 0.958 bits per heavy atom. The third kappa shape index (κ3) is 5.03. The molecule has 0 radical (unpaired) electrons. The normalized spacial score (nSPS) is 16.3. The molecule has 7 heteroatoms. The lowest BCUT2D eigenvalue weighted by molar-refractivity contribution is -0.132. The van der Waals surface area contributed by atoms with Crippen molar-refractivity contribution < 1.29 is 13.2 Å². The summed E-state index contributed by atoms with van der Waals surface area (Å²) < 4.78 is 26.6. The van der Waals surface area contributed by atoms with Crippen LogP contribution in [0.2, 0.25) is 0 Å². The molecular formula is C17H27N3O3S. The van der Waals surface area contributed by atoms with Crippen molar-refractivity contribution in [2.24, 2.45) is 5.73 Å². The standard InChI is InChI=1S/C17H27N3O3S/c18-11-7-2-1-6-10-17(21)19-12-14-20(15-13-19)24(22,23)16-8-4-3-5-9-16/h3-5,8-9H,1-2,6-7,10-15,18H2. The molecule has 0 spiro atoms. The highest BCUT2D eigenvalue weighted by molar-refractivity contribution is 7.89. The highest BCUT2D eigenvalue weighted by atomic mass is 32.2. The maximum atomic E-state index is 12.5. The van der Waals surface area contributed by atoms with E-state index in [9.17, 15) is 13.2 Å². The van der Waals surface area contributed by atoms with E-state index in [4.69, 9.17) is 5.73 Å². The number of benzene rings is 1. The van der Waals surface area contributed by atoms with Gasteiger partial charge >= 0.3 is 0 Å². The molecule has 0 atom stereocenters. The van der Waals surface area contributed by atoms with Crippen LogP contribution in [0.1, 0.15) is 32.1 Å². The number of nitrogens with two attached hydrogens (primary N) is 1. The molecule has 1 amide bonds. The van der Waals surface area contributed by atoms with Crippen LogP contribution in [0, 0.1) is 0 Å². The van der Waals surface area contributed by atoms with Gasteiger partial charge in [-0.15, -0.1) is 0 Å². The lowest BCUT2D eigenvalue weighted by Crippen LogP contribution is -2.50. The Bertz CT molecular complexity index is 611. The number of unbranched alkanes of at least 4 members (excludes halogenated alkanes) is 3. The number of sulfonamides is 1. The monoisotopic (exact) mass is 353 g/mol. The van der Waals surface area contributed by atoms with Crippen molar-refractivity contribution in [3.8, 4) is 0 Å². The molecule has 134 valence electrons. The third-order valence-electron chi connectivity index (χ3n) is 4.32. The topological polar surface area (TPSA) is 83.7 Å². The average molecular weight is 353 g/mol. The minimum atomic E-state index is -3.45. The number of hydrogen-bond acceptors (Lipinski definition) is 4. The van der Waals surface area contributed by atoms with Crippen molar-refractivity contribution in [2.75, 3.05) is 32.7 Å². The van der Waals surface area contributed by atoms with E-state index in [2.05, 4.69) is 0 Å².